The summed E-state index contributed by atoms with van der Waals surface area (Å²) < 4.78 is 21.8. The lowest BCUT2D eigenvalue weighted by Crippen LogP contribution is -2.55. The van der Waals surface area contributed by atoms with Gasteiger partial charge in [-0.05, 0) is 73.2 Å². The van der Waals surface area contributed by atoms with Gasteiger partial charge in [0.15, 0.2) is 0 Å². The zero-order valence-corrected chi connectivity index (χ0v) is 27.9. The van der Waals surface area contributed by atoms with E-state index in [2.05, 4.69) is 5.32 Å². The molecule has 0 heterocycles. The minimum atomic E-state index is -1.61. The summed E-state index contributed by atoms with van der Waals surface area (Å²) in [6, 6.07) is 28.2. The summed E-state index contributed by atoms with van der Waals surface area (Å²) in [5.74, 6) is -1.41. The number of carboxylic acids is 1. The maximum Gasteiger partial charge on any atom is 0.514 e. The molecule has 11 nitrogen and oxygen atoms in total. The fourth-order valence-corrected chi connectivity index (χ4v) is 4.98. The lowest BCUT2D eigenvalue weighted by molar-refractivity contribution is -0.142. The van der Waals surface area contributed by atoms with Crippen LogP contribution >= 0.6 is 0 Å². The van der Waals surface area contributed by atoms with Crippen LogP contribution in [0.3, 0.4) is 0 Å². The van der Waals surface area contributed by atoms with Crippen LogP contribution in [0, 0.1) is 13.8 Å². The van der Waals surface area contributed by atoms with Gasteiger partial charge in [-0.25, -0.2) is 14.4 Å². The Hall–Kier alpha value is -5.68. The number of hydrogen-bond acceptors (Lipinski definition) is 9. The first-order valence-electron chi connectivity index (χ1n) is 15.5. The standard InChI is InChI=1S/C38H40N2O9/c1-25-19-29(21-37(3,39)33(41)42)15-17-31(25)48-34(43)38(4,40-35(44)46-23-27-11-7-5-8-12-27)22-30-16-18-32(26(2)20-30)49-36(45)47-24-28-13-9-6-10-14-28/h5-20H,21-24,39H2,1-4H3,(H,40,44)(H,41,42)/t37-,38-/m0/s1. The number of esters is 1. The molecule has 0 spiro atoms. The molecule has 4 aromatic rings. The minimum Gasteiger partial charge on any atom is -0.480 e. The van der Waals surface area contributed by atoms with Crippen LogP contribution in [0.25, 0.3) is 0 Å². The van der Waals surface area contributed by atoms with E-state index in [1.807, 2.05) is 48.5 Å². The third kappa shape index (κ3) is 10.4. The zero-order chi connectivity index (χ0) is 35.6. The second kappa shape index (κ2) is 15.9. The third-order valence-electron chi connectivity index (χ3n) is 7.73. The number of benzene rings is 4. The van der Waals surface area contributed by atoms with E-state index < -0.39 is 35.3 Å². The lowest BCUT2D eigenvalue weighted by Gasteiger charge is -2.29. The second-order valence-corrected chi connectivity index (χ2v) is 12.3. The van der Waals surface area contributed by atoms with E-state index in [4.69, 9.17) is 24.7 Å². The zero-order valence-electron chi connectivity index (χ0n) is 27.9. The molecule has 0 saturated heterocycles. The summed E-state index contributed by atoms with van der Waals surface area (Å²) in [5, 5.41) is 12.1. The number of alkyl carbamates (subject to hydrolysis) is 1. The maximum absolute atomic E-state index is 13.8. The van der Waals surface area contributed by atoms with Crippen LogP contribution in [0.4, 0.5) is 9.59 Å². The first-order valence-corrected chi connectivity index (χ1v) is 15.5. The number of nitrogens with two attached hydrogens (primary N) is 1. The number of carboxylic acid groups (broad SMARTS) is 1. The lowest BCUT2D eigenvalue weighted by atomic mass is 9.91. The molecule has 11 heteroatoms. The smallest absolute Gasteiger partial charge is 0.480 e. The Balaban J connectivity index is 1.50. The molecule has 0 aromatic heterocycles. The van der Waals surface area contributed by atoms with Gasteiger partial charge in [0.1, 0.15) is 35.8 Å². The minimum absolute atomic E-state index is 0.00683. The van der Waals surface area contributed by atoms with Crippen molar-refractivity contribution in [1.29, 1.82) is 0 Å². The first-order chi connectivity index (χ1) is 23.2. The summed E-state index contributed by atoms with van der Waals surface area (Å²) in [4.78, 5) is 50.7. The van der Waals surface area contributed by atoms with Crippen molar-refractivity contribution < 1.29 is 43.2 Å². The second-order valence-electron chi connectivity index (χ2n) is 12.3. The van der Waals surface area contributed by atoms with Gasteiger partial charge in [0.2, 0.25) is 0 Å². The number of hydrogen-bond donors (Lipinski definition) is 3. The quantitative estimate of drug-likeness (QED) is 0.0850. The summed E-state index contributed by atoms with van der Waals surface area (Å²) in [6.07, 6.45) is -1.64. The van der Waals surface area contributed by atoms with Crippen LogP contribution in [0.1, 0.15) is 47.2 Å². The highest BCUT2D eigenvalue weighted by Crippen LogP contribution is 2.27. The van der Waals surface area contributed by atoms with E-state index in [1.54, 1.807) is 62.4 Å². The van der Waals surface area contributed by atoms with Crippen molar-refractivity contribution in [1.82, 2.24) is 5.32 Å². The molecule has 0 saturated carbocycles. The molecule has 2 atom stereocenters. The molecule has 4 N–H and O–H groups in total. The molecule has 4 rings (SSSR count). The van der Waals surface area contributed by atoms with Gasteiger partial charge in [0.25, 0.3) is 0 Å². The Morgan fingerprint density at radius 3 is 1.67 bits per heavy atom. The van der Waals surface area contributed by atoms with E-state index in [9.17, 15) is 24.3 Å². The van der Waals surface area contributed by atoms with Crippen LogP contribution < -0.4 is 20.5 Å². The van der Waals surface area contributed by atoms with Crippen LogP contribution in [0.15, 0.2) is 97.1 Å². The largest absolute Gasteiger partial charge is 0.514 e. The number of carbonyl (C=O) groups excluding carboxylic acids is 3. The Morgan fingerprint density at radius 1 is 0.673 bits per heavy atom. The molecular formula is C38H40N2O9. The van der Waals surface area contributed by atoms with Gasteiger partial charge in [-0.1, -0.05) is 84.9 Å². The summed E-state index contributed by atoms with van der Waals surface area (Å²) >= 11 is 0. The molecule has 49 heavy (non-hydrogen) atoms. The predicted octanol–water partition coefficient (Wildman–Crippen LogP) is 6.20. The third-order valence-corrected chi connectivity index (χ3v) is 7.73. The molecule has 0 fully saturated rings. The molecular weight excluding hydrogens is 628 g/mol. The summed E-state index contributed by atoms with van der Waals surface area (Å²) in [6.45, 7) is 6.44. The number of aliphatic carboxylic acids is 1. The first kappa shape index (κ1) is 36.2. The van der Waals surface area contributed by atoms with E-state index >= 15 is 0 Å². The topological polar surface area (TPSA) is 163 Å². The number of rotatable bonds is 13. The maximum atomic E-state index is 13.8. The van der Waals surface area contributed by atoms with Gasteiger partial charge in [0, 0.05) is 12.8 Å². The van der Waals surface area contributed by atoms with E-state index in [0.717, 1.165) is 11.1 Å². The summed E-state index contributed by atoms with van der Waals surface area (Å²) in [5.41, 5.74) is 6.85. The molecule has 0 bridgehead atoms. The van der Waals surface area contributed by atoms with Crippen molar-refractivity contribution in [3.8, 4) is 11.5 Å². The highest BCUT2D eigenvalue weighted by Gasteiger charge is 2.38. The number of ether oxygens (including phenoxy) is 4. The Labute approximate surface area is 284 Å². The molecule has 0 radical (unpaired) electrons. The average Bonchev–Trinajstić information content (AvgIpc) is 3.06. The van der Waals surface area contributed by atoms with Crippen LogP contribution in [0.2, 0.25) is 0 Å². The van der Waals surface area contributed by atoms with Crippen molar-refractivity contribution in [2.75, 3.05) is 0 Å². The van der Waals surface area contributed by atoms with Gasteiger partial charge in [0.05, 0.1) is 0 Å². The molecule has 1 amide bonds. The number of aryl methyl sites for hydroxylation is 2. The number of amides is 1. The Morgan fingerprint density at radius 2 is 1.16 bits per heavy atom. The van der Waals surface area contributed by atoms with Crippen molar-refractivity contribution in [3.63, 3.8) is 0 Å². The fourth-order valence-electron chi connectivity index (χ4n) is 4.98. The van der Waals surface area contributed by atoms with Gasteiger partial charge < -0.3 is 35.1 Å². The molecule has 0 aliphatic carbocycles. The predicted molar refractivity (Wildman–Crippen MR) is 181 cm³/mol. The van der Waals surface area contributed by atoms with Crippen LogP contribution in [-0.4, -0.2) is 40.4 Å². The highest BCUT2D eigenvalue weighted by molar-refractivity contribution is 5.87. The van der Waals surface area contributed by atoms with Gasteiger partial charge in [-0.2, -0.15) is 0 Å². The number of nitrogens with one attached hydrogen (secondary N) is 1. The monoisotopic (exact) mass is 668 g/mol. The van der Waals surface area contributed by atoms with E-state index in [0.29, 0.717) is 22.3 Å². The SMILES string of the molecule is Cc1cc(C[C@](C)(NC(=O)OCc2ccccc2)C(=O)Oc2ccc(C[C@](C)(N)C(=O)O)cc2C)ccc1OC(=O)OCc1ccccc1. The Kier molecular flexibility index (Phi) is 11.8. The summed E-state index contributed by atoms with van der Waals surface area (Å²) in [7, 11) is 0. The number of carbonyl (C=O) groups is 4. The van der Waals surface area contributed by atoms with Crippen molar-refractivity contribution in [3.05, 3.63) is 130 Å². The average molecular weight is 669 g/mol. The van der Waals surface area contributed by atoms with Gasteiger partial charge in [-0.3, -0.25) is 4.79 Å². The van der Waals surface area contributed by atoms with Crippen molar-refractivity contribution >= 4 is 24.2 Å². The highest BCUT2D eigenvalue weighted by atomic mass is 16.7. The van der Waals surface area contributed by atoms with Crippen LogP contribution in [0.5, 0.6) is 11.5 Å². The van der Waals surface area contributed by atoms with Crippen LogP contribution in [-0.2, 0) is 45.1 Å². The van der Waals surface area contributed by atoms with Crippen molar-refractivity contribution in [2.45, 2.75) is 64.8 Å². The molecule has 0 aliphatic rings. The van der Waals surface area contributed by atoms with Gasteiger partial charge in [-0.15, -0.1) is 0 Å². The van der Waals surface area contributed by atoms with E-state index in [-0.39, 0.29) is 37.6 Å². The molecule has 0 unspecified atom stereocenters. The fraction of sp³-hybridized carbons (Fsp3) is 0.263. The molecule has 0 aliphatic heterocycles. The normalized spacial score (nSPS) is 13.2. The van der Waals surface area contributed by atoms with Gasteiger partial charge >= 0.3 is 24.2 Å². The Bertz CT molecular complexity index is 1790. The molecule has 4 aromatic carbocycles. The van der Waals surface area contributed by atoms with E-state index in [1.165, 1.54) is 13.8 Å². The molecule has 256 valence electrons. The van der Waals surface area contributed by atoms with Crippen molar-refractivity contribution in [2.24, 2.45) is 5.73 Å².